The summed E-state index contributed by atoms with van der Waals surface area (Å²) >= 11 is 1.55. The first-order chi connectivity index (χ1) is 10.7. The molecule has 2 aromatic carbocycles. The topological polar surface area (TPSA) is 37.3 Å². The first-order valence-electron chi connectivity index (χ1n) is 7.09. The summed E-state index contributed by atoms with van der Waals surface area (Å²) in [5, 5.41) is 7.02. The number of thiazole rings is 1. The fraction of sp³-hybridized carbons (Fsp3) is 0.111. The van der Waals surface area contributed by atoms with Crippen LogP contribution in [0, 0.1) is 13.8 Å². The van der Waals surface area contributed by atoms with E-state index in [-0.39, 0.29) is 0 Å². The van der Waals surface area contributed by atoms with Crippen LogP contribution in [-0.2, 0) is 0 Å². The van der Waals surface area contributed by atoms with Gasteiger partial charge in [-0.25, -0.2) is 4.98 Å². The van der Waals surface area contributed by atoms with Gasteiger partial charge >= 0.3 is 0 Å². The number of rotatable bonds is 4. The molecule has 0 unspecified atom stereocenters. The molecule has 0 bridgehead atoms. The van der Waals surface area contributed by atoms with Gasteiger partial charge in [-0.15, -0.1) is 11.3 Å². The highest BCUT2D eigenvalue weighted by Gasteiger charge is 1.98. The van der Waals surface area contributed by atoms with Crippen LogP contribution >= 0.6 is 11.3 Å². The quantitative estimate of drug-likeness (QED) is 0.551. The van der Waals surface area contributed by atoms with Crippen LogP contribution in [0.4, 0.5) is 5.13 Å². The summed E-state index contributed by atoms with van der Waals surface area (Å²) in [5.74, 6) is 0. The molecular formula is C18H17N3S. The van der Waals surface area contributed by atoms with Crippen molar-refractivity contribution in [1.82, 2.24) is 4.98 Å². The van der Waals surface area contributed by atoms with Gasteiger partial charge in [0.2, 0.25) is 5.13 Å². The molecule has 3 nitrogen and oxygen atoms in total. The molecule has 110 valence electrons. The Kier molecular flexibility index (Phi) is 4.30. The molecule has 0 aliphatic rings. The molecule has 3 aromatic rings. The molecule has 1 heterocycles. The predicted octanol–water partition coefficient (Wildman–Crippen LogP) is 4.87. The van der Waals surface area contributed by atoms with Gasteiger partial charge in [-0.3, -0.25) is 5.43 Å². The molecule has 0 spiro atoms. The van der Waals surface area contributed by atoms with Crippen molar-refractivity contribution < 1.29 is 0 Å². The summed E-state index contributed by atoms with van der Waals surface area (Å²) in [6, 6.07) is 16.9. The fourth-order valence-electron chi connectivity index (χ4n) is 2.07. The fourth-order valence-corrected chi connectivity index (χ4v) is 2.71. The zero-order valence-corrected chi connectivity index (χ0v) is 13.4. The minimum absolute atomic E-state index is 0.810. The van der Waals surface area contributed by atoms with Crippen LogP contribution in [-0.4, -0.2) is 11.2 Å². The third-order valence-corrected chi connectivity index (χ3v) is 4.15. The number of aryl methyl sites for hydroxylation is 2. The van der Waals surface area contributed by atoms with E-state index in [0.717, 1.165) is 16.4 Å². The second-order valence-corrected chi connectivity index (χ2v) is 6.01. The van der Waals surface area contributed by atoms with Crippen molar-refractivity contribution in [2.24, 2.45) is 5.10 Å². The molecule has 0 aliphatic heterocycles. The molecule has 1 aromatic heterocycles. The monoisotopic (exact) mass is 307 g/mol. The van der Waals surface area contributed by atoms with E-state index < -0.39 is 0 Å². The van der Waals surface area contributed by atoms with Crippen LogP contribution < -0.4 is 5.43 Å². The second-order valence-electron chi connectivity index (χ2n) is 5.15. The van der Waals surface area contributed by atoms with Crippen LogP contribution in [0.5, 0.6) is 0 Å². The summed E-state index contributed by atoms with van der Waals surface area (Å²) in [4.78, 5) is 4.30. The maximum atomic E-state index is 4.30. The number of hydrogen-bond donors (Lipinski definition) is 1. The number of hydrogen-bond acceptors (Lipinski definition) is 4. The van der Waals surface area contributed by atoms with Crippen molar-refractivity contribution in [3.05, 3.63) is 70.7 Å². The van der Waals surface area contributed by atoms with Crippen LogP contribution in [0.15, 0.2) is 59.0 Å². The Labute approximate surface area is 134 Å². The first-order valence-corrected chi connectivity index (χ1v) is 7.97. The highest BCUT2D eigenvalue weighted by atomic mass is 32.1. The second kappa shape index (κ2) is 6.54. The number of nitrogens with zero attached hydrogens (tertiary/aromatic N) is 2. The number of aromatic nitrogens is 1. The van der Waals surface area contributed by atoms with E-state index in [1.54, 1.807) is 17.6 Å². The zero-order valence-electron chi connectivity index (χ0n) is 12.6. The Morgan fingerprint density at radius 1 is 0.955 bits per heavy atom. The molecule has 0 saturated heterocycles. The van der Waals surface area contributed by atoms with Crippen molar-refractivity contribution in [1.29, 1.82) is 0 Å². The standard InChI is InChI=1S/C18H17N3S/c1-13-3-7-16(8-4-13)17-9-5-15(6-10-17)11-19-21-18-20-14(2)12-22-18/h3-12H,1-2H3,(H,20,21). The van der Waals surface area contributed by atoms with Gasteiger partial charge < -0.3 is 0 Å². The molecule has 0 amide bonds. The molecule has 0 radical (unpaired) electrons. The third-order valence-electron chi connectivity index (χ3n) is 3.29. The van der Waals surface area contributed by atoms with Gasteiger partial charge in [0.05, 0.1) is 11.9 Å². The summed E-state index contributed by atoms with van der Waals surface area (Å²) in [6.45, 7) is 4.06. The Morgan fingerprint density at radius 3 is 2.18 bits per heavy atom. The highest BCUT2D eigenvalue weighted by molar-refractivity contribution is 7.13. The SMILES string of the molecule is Cc1ccc(-c2ccc(C=NNc3nc(C)cs3)cc2)cc1. The smallest absolute Gasteiger partial charge is 0.203 e. The van der Waals surface area contributed by atoms with E-state index in [4.69, 9.17) is 0 Å². The minimum Gasteiger partial charge on any atom is -0.253 e. The average molecular weight is 307 g/mol. The maximum absolute atomic E-state index is 4.30. The molecule has 4 heteroatoms. The van der Waals surface area contributed by atoms with Crippen molar-refractivity contribution in [3.8, 4) is 11.1 Å². The van der Waals surface area contributed by atoms with Crippen molar-refractivity contribution in [2.75, 3.05) is 5.43 Å². The summed E-state index contributed by atoms with van der Waals surface area (Å²) in [7, 11) is 0. The Hall–Kier alpha value is -2.46. The zero-order chi connectivity index (χ0) is 15.4. The van der Waals surface area contributed by atoms with Gasteiger partial charge in [-0.2, -0.15) is 5.10 Å². The largest absolute Gasteiger partial charge is 0.253 e. The van der Waals surface area contributed by atoms with Gasteiger partial charge in [0, 0.05) is 5.38 Å². The lowest BCUT2D eigenvalue weighted by molar-refractivity contribution is 1.22. The lowest BCUT2D eigenvalue weighted by atomic mass is 10.0. The van der Waals surface area contributed by atoms with Gasteiger partial charge in [0.15, 0.2) is 0 Å². The number of anilines is 1. The highest BCUT2D eigenvalue weighted by Crippen LogP contribution is 2.20. The summed E-state index contributed by atoms with van der Waals surface area (Å²) in [6.07, 6.45) is 1.80. The minimum atomic E-state index is 0.810. The lowest BCUT2D eigenvalue weighted by Crippen LogP contribution is -1.90. The van der Waals surface area contributed by atoms with E-state index in [9.17, 15) is 0 Å². The predicted molar refractivity (Wildman–Crippen MR) is 94.7 cm³/mol. The lowest BCUT2D eigenvalue weighted by Gasteiger charge is -2.02. The van der Waals surface area contributed by atoms with Gasteiger partial charge in [0.1, 0.15) is 0 Å². The Morgan fingerprint density at radius 2 is 1.59 bits per heavy atom. The molecule has 22 heavy (non-hydrogen) atoms. The van der Waals surface area contributed by atoms with Crippen LogP contribution in [0.25, 0.3) is 11.1 Å². The van der Waals surface area contributed by atoms with Gasteiger partial charge in [-0.05, 0) is 30.5 Å². The number of benzene rings is 2. The first kappa shape index (κ1) is 14.5. The Bertz CT molecular complexity index is 771. The maximum Gasteiger partial charge on any atom is 0.203 e. The molecule has 3 rings (SSSR count). The van der Waals surface area contributed by atoms with E-state index >= 15 is 0 Å². The summed E-state index contributed by atoms with van der Waals surface area (Å²) < 4.78 is 0. The van der Waals surface area contributed by atoms with Crippen LogP contribution in [0.3, 0.4) is 0 Å². The van der Waals surface area contributed by atoms with Crippen LogP contribution in [0.2, 0.25) is 0 Å². The molecular weight excluding hydrogens is 290 g/mol. The Balaban J connectivity index is 1.67. The average Bonchev–Trinajstić information content (AvgIpc) is 2.94. The third kappa shape index (κ3) is 3.59. The van der Waals surface area contributed by atoms with E-state index in [1.807, 2.05) is 12.3 Å². The van der Waals surface area contributed by atoms with Gasteiger partial charge in [-0.1, -0.05) is 54.1 Å². The molecule has 1 N–H and O–H groups in total. The van der Waals surface area contributed by atoms with E-state index in [2.05, 4.69) is 71.0 Å². The molecule has 0 atom stereocenters. The summed E-state index contributed by atoms with van der Waals surface area (Å²) in [5.41, 5.74) is 8.71. The van der Waals surface area contributed by atoms with Gasteiger partial charge in [0.25, 0.3) is 0 Å². The molecule has 0 fully saturated rings. The van der Waals surface area contributed by atoms with Crippen molar-refractivity contribution in [3.63, 3.8) is 0 Å². The normalized spacial score (nSPS) is 11.0. The molecule has 0 aliphatic carbocycles. The molecule has 0 saturated carbocycles. The van der Waals surface area contributed by atoms with E-state index in [0.29, 0.717) is 0 Å². The van der Waals surface area contributed by atoms with Crippen molar-refractivity contribution in [2.45, 2.75) is 13.8 Å². The van der Waals surface area contributed by atoms with E-state index in [1.165, 1.54) is 16.7 Å². The number of nitrogens with one attached hydrogen (secondary N) is 1. The number of hydrazone groups is 1. The van der Waals surface area contributed by atoms with Crippen LogP contribution in [0.1, 0.15) is 16.8 Å². The van der Waals surface area contributed by atoms with Crippen molar-refractivity contribution >= 4 is 22.7 Å².